The summed E-state index contributed by atoms with van der Waals surface area (Å²) in [5.74, 6) is -3.33. The van der Waals surface area contributed by atoms with E-state index in [0.717, 1.165) is 0 Å². The molecule has 0 aliphatic carbocycles. The van der Waals surface area contributed by atoms with Crippen molar-refractivity contribution >= 4 is 29.1 Å². The number of amides is 1. The summed E-state index contributed by atoms with van der Waals surface area (Å²) < 4.78 is 25.1. The Labute approximate surface area is 130 Å². The zero-order chi connectivity index (χ0) is 16.1. The predicted molar refractivity (Wildman–Crippen MR) is 82.7 cm³/mol. The lowest BCUT2D eigenvalue weighted by Gasteiger charge is -2.11. The van der Waals surface area contributed by atoms with Crippen molar-refractivity contribution < 1.29 is 18.4 Å². The molecule has 22 heavy (non-hydrogen) atoms. The Morgan fingerprint density at radius 3 is 2.23 bits per heavy atom. The van der Waals surface area contributed by atoms with Gasteiger partial charge in [0.1, 0.15) is 0 Å². The molecule has 0 atom stereocenters. The second-order valence-corrected chi connectivity index (χ2v) is 5.46. The molecule has 2 aromatic rings. The van der Waals surface area contributed by atoms with E-state index in [0.29, 0.717) is 23.0 Å². The zero-order valence-electron chi connectivity index (χ0n) is 11.7. The van der Waals surface area contributed by atoms with Gasteiger partial charge in [0.2, 0.25) is 0 Å². The van der Waals surface area contributed by atoms with Crippen LogP contribution in [0.2, 0.25) is 0 Å². The van der Waals surface area contributed by atoms with Crippen LogP contribution in [-0.4, -0.2) is 17.4 Å². The average Bonchev–Trinajstić information content (AvgIpc) is 2.47. The molecule has 0 bridgehead atoms. The van der Waals surface area contributed by atoms with Crippen LogP contribution < -0.4 is 5.32 Å². The van der Waals surface area contributed by atoms with Crippen LogP contribution in [0.15, 0.2) is 53.4 Å². The minimum atomic E-state index is -2.61. The van der Waals surface area contributed by atoms with Gasteiger partial charge >= 0.3 is 0 Å². The quantitative estimate of drug-likeness (QED) is 0.653. The number of benzene rings is 2. The first kappa shape index (κ1) is 16.2. The summed E-state index contributed by atoms with van der Waals surface area (Å²) in [7, 11) is 0. The average molecular weight is 321 g/mol. The highest BCUT2D eigenvalue weighted by Crippen LogP contribution is 2.29. The molecule has 2 rings (SSSR count). The molecule has 0 saturated carbocycles. The number of hydrogen-bond donors (Lipinski definition) is 1. The van der Waals surface area contributed by atoms with Crippen molar-refractivity contribution in [1.29, 1.82) is 0 Å². The lowest BCUT2D eigenvalue weighted by atomic mass is 10.1. The summed E-state index contributed by atoms with van der Waals surface area (Å²) in [5.41, 5.74) is 0.873. The highest BCUT2D eigenvalue weighted by atomic mass is 32.2. The molecule has 0 unspecified atom stereocenters. The van der Waals surface area contributed by atoms with E-state index in [-0.39, 0.29) is 16.2 Å². The van der Waals surface area contributed by atoms with Crippen LogP contribution in [0.1, 0.15) is 27.6 Å². The Kier molecular flexibility index (Phi) is 5.27. The van der Waals surface area contributed by atoms with Crippen molar-refractivity contribution in [2.75, 3.05) is 5.32 Å². The number of anilines is 1. The van der Waals surface area contributed by atoms with Gasteiger partial charge in [0.15, 0.2) is 5.78 Å². The van der Waals surface area contributed by atoms with E-state index in [1.807, 2.05) is 0 Å². The summed E-state index contributed by atoms with van der Waals surface area (Å²) in [6, 6.07) is 12.7. The number of ketones is 1. The van der Waals surface area contributed by atoms with Crippen molar-refractivity contribution in [2.45, 2.75) is 17.6 Å². The summed E-state index contributed by atoms with van der Waals surface area (Å²) in [6.07, 6.45) is 0. The Bertz CT molecular complexity index is 704. The predicted octanol–water partition coefficient (Wildman–Crippen LogP) is 4.46. The molecule has 0 fully saturated rings. The van der Waals surface area contributed by atoms with Crippen LogP contribution in [0.25, 0.3) is 0 Å². The van der Waals surface area contributed by atoms with Crippen LogP contribution in [0, 0.1) is 0 Å². The van der Waals surface area contributed by atoms with Crippen LogP contribution >= 0.6 is 11.8 Å². The van der Waals surface area contributed by atoms with Crippen LogP contribution in [0.5, 0.6) is 0 Å². The van der Waals surface area contributed by atoms with Crippen LogP contribution in [0.4, 0.5) is 14.5 Å². The minimum Gasteiger partial charge on any atom is -0.321 e. The van der Waals surface area contributed by atoms with E-state index < -0.39 is 11.7 Å². The Hall–Kier alpha value is -2.21. The first-order valence-corrected chi connectivity index (χ1v) is 7.32. The fourth-order valence-corrected chi connectivity index (χ4v) is 2.58. The van der Waals surface area contributed by atoms with Gasteiger partial charge in [0, 0.05) is 10.5 Å². The number of carbonyl (C=O) groups excluding carboxylic acids is 2. The van der Waals surface area contributed by atoms with Gasteiger partial charge < -0.3 is 5.32 Å². The van der Waals surface area contributed by atoms with E-state index >= 15 is 0 Å². The number of carbonyl (C=O) groups is 2. The van der Waals surface area contributed by atoms with Crippen molar-refractivity contribution in [3.05, 3.63) is 59.7 Å². The molecular formula is C16H13F2NO2S. The molecule has 0 spiro atoms. The first-order chi connectivity index (χ1) is 10.5. The molecular weight excluding hydrogens is 308 g/mol. The van der Waals surface area contributed by atoms with E-state index in [1.54, 1.807) is 36.4 Å². The Balaban J connectivity index is 2.29. The summed E-state index contributed by atoms with van der Waals surface area (Å²) >= 11 is 0.313. The highest BCUT2D eigenvalue weighted by Gasteiger charge is 2.16. The minimum absolute atomic E-state index is 0.145. The van der Waals surface area contributed by atoms with E-state index in [1.165, 1.54) is 19.1 Å². The summed E-state index contributed by atoms with van der Waals surface area (Å²) in [6.45, 7) is 1.39. The van der Waals surface area contributed by atoms with Gasteiger partial charge in [-0.3, -0.25) is 9.59 Å². The lowest BCUT2D eigenvalue weighted by Crippen LogP contribution is -2.15. The topological polar surface area (TPSA) is 46.2 Å². The molecule has 114 valence electrons. The molecule has 0 radical (unpaired) electrons. The van der Waals surface area contributed by atoms with Gasteiger partial charge in [-0.25, -0.2) is 0 Å². The standard InChI is InChI=1S/C16H13F2NO2S/c1-10(20)11-6-2-4-8-13(11)19-15(21)12-7-3-5-9-14(12)22-16(17)18/h2-9,16H,1H3,(H,19,21). The summed E-state index contributed by atoms with van der Waals surface area (Å²) in [5, 5.41) is 2.60. The smallest absolute Gasteiger partial charge is 0.288 e. The second-order valence-electron chi connectivity index (χ2n) is 4.43. The number of Topliss-reactive ketones (excluding diaryl/α,β-unsaturated/α-hetero) is 1. The Morgan fingerprint density at radius 2 is 1.59 bits per heavy atom. The number of para-hydroxylation sites is 1. The number of thioether (sulfide) groups is 1. The molecule has 3 nitrogen and oxygen atoms in total. The molecule has 0 aliphatic rings. The first-order valence-electron chi connectivity index (χ1n) is 6.44. The summed E-state index contributed by atoms with van der Waals surface area (Å²) in [4.78, 5) is 24.0. The SMILES string of the molecule is CC(=O)c1ccccc1NC(=O)c1ccccc1SC(F)F. The van der Waals surface area contributed by atoms with E-state index in [2.05, 4.69) is 5.32 Å². The van der Waals surface area contributed by atoms with Crippen LogP contribution in [0.3, 0.4) is 0 Å². The second kappa shape index (κ2) is 7.17. The van der Waals surface area contributed by atoms with Crippen molar-refractivity contribution in [2.24, 2.45) is 0 Å². The largest absolute Gasteiger partial charge is 0.321 e. The van der Waals surface area contributed by atoms with E-state index in [9.17, 15) is 18.4 Å². The van der Waals surface area contributed by atoms with Gasteiger partial charge in [-0.2, -0.15) is 8.78 Å². The third kappa shape index (κ3) is 3.92. The van der Waals surface area contributed by atoms with Crippen molar-refractivity contribution in [1.82, 2.24) is 0 Å². The lowest BCUT2D eigenvalue weighted by molar-refractivity contribution is 0.101. The van der Waals surface area contributed by atoms with Gasteiger partial charge in [0.25, 0.3) is 11.7 Å². The van der Waals surface area contributed by atoms with Gasteiger partial charge in [-0.1, -0.05) is 36.0 Å². The Morgan fingerprint density at radius 1 is 1.00 bits per heavy atom. The number of rotatable bonds is 5. The number of alkyl halides is 2. The maximum absolute atomic E-state index is 12.5. The molecule has 1 amide bonds. The molecule has 2 aromatic carbocycles. The zero-order valence-corrected chi connectivity index (χ0v) is 12.5. The van der Waals surface area contributed by atoms with E-state index in [4.69, 9.17) is 0 Å². The van der Waals surface area contributed by atoms with Gasteiger partial charge in [-0.05, 0) is 31.2 Å². The number of halogens is 2. The van der Waals surface area contributed by atoms with Gasteiger partial charge in [-0.15, -0.1) is 0 Å². The number of hydrogen-bond acceptors (Lipinski definition) is 3. The third-order valence-electron chi connectivity index (χ3n) is 2.90. The number of nitrogens with one attached hydrogen (secondary N) is 1. The monoisotopic (exact) mass is 321 g/mol. The van der Waals surface area contributed by atoms with Crippen molar-refractivity contribution in [3.63, 3.8) is 0 Å². The highest BCUT2D eigenvalue weighted by molar-refractivity contribution is 7.99. The van der Waals surface area contributed by atoms with Crippen LogP contribution in [-0.2, 0) is 0 Å². The molecule has 0 aliphatic heterocycles. The van der Waals surface area contributed by atoms with Gasteiger partial charge in [0.05, 0.1) is 11.3 Å². The third-order valence-corrected chi connectivity index (χ3v) is 3.69. The maximum atomic E-state index is 12.5. The molecule has 0 saturated heterocycles. The normalized spacial score (nSPS) is 10.5. The van der Waals surface area contributed by atoms with Crippen molar-refractivity contribution in [3.8, 4) is 0 Å². The fourth-order valence-electron chi connectivity index (χ4n) is 1.94. The fraction of sp³-hybridized carbons (Fsp3) is 0.125. The molecule has 0 heterocycles. The molecule has 6 heteroatoms. The maximum Gasteiger partial charge on any atom is 0.288 e. The molecule has 1 N–H and O–H groups in total. The molecule has 0 aromatic heterocycles.